The van der Waals surface area contributed by atoms with E-state index in [4.69, 9.17) is 0 Å². The molecule has 0 aliphatic carbocycles. The first kappa shape index (κ1) is 14.7. The van der Waals surface area contributed by atoms with Crippen LogP contribution in [-0.4, -0.2) is 28.9 Å². The van der Waals surface area contributed by atoms with Gasteiger partial charge in [-0.15, -0.1) is 22.7 Å². The largest absolute Gasteiger partial charge is 0.301 e. The van der Waals surface area contributed by atoms with Gasteiger partial charge in [-0.2, -0.15) is 0 Å². The summed E-state index contributed by atoms with van der Waals surface area (Å²) in [5.74, 6) is 0.0325. The van der Waals surface area contributed by atoms with Gasteiger partial charge in [-0.25, -0.2) is 4.98 Å². The molecule has 112 valence electrons. The summed E-state index contributed by atoms with van der Waals surface area (Å²) >= 11 is 3.38. The van der Waals surface area contributed by atoms with Crippen molar-refractivity contribution in [3.63, 3.8) is 0 Å². The summed E-state index contributed by atoms with van der Waals surface area (Å²) in [6.07, 6.45) is 1.96. The van der Waals surface area contributed by atoms with Crippen molar-refractivity contribution in [2.24, 2.45) is 0 Å². The van der Waals surface area contributed by atoms with Crippen molar-refractivity contribution in [3.8, 4) is 0 Å². The molecule has 0 aromatic carbocycles. The molecule has 1 N–H and O–H groups in total. The SMILES string of the molecule is CCc1nc(NC(=O)CN2CCc3sccc3C2)sc1C. The number of hydrogen-bond acceptors (Lipinski definition) is 5. The lowest BCUT2D eigenvalue weighted by Crippen LogP contribution is -2.36. The van der Waals surface area contributed by atoms with Crippen LogP contribution in [-0.2, 0) is 24.2 Å². The molecule has 3 heterocycles. The highest BCUT2D eigenvalue weighted by molar-refractivity contribution is 7.15. The quantitative estimate of drug-likeness (QED) is 0.941. The van der Waals surface area contributed by atoms with E-state index in [0.717, 1.165) is 36.8 Å². The minimum absolute atomic E-state index is 0.0325. The van der Waals surface area contributed by atoms with Crippen LogP contribution in [0.2, 0.25) is 0 Å². The number of thiazole rings is 1. The molecule has 0 fully saturated rings. The van der Waals surface area contributed by atoms with Gasteiger partial charge < -0.3 is 5.32 Å². The molecule has 6 heteroatoms. The van der Waals surface area contributed by atoms with Crippen molar-refractivity contribution in [1.29, 1.82) is 0 Å². The zero-order chi connectivity index (χ0) is 14.8. The highest BCUT2D eigenvalue weighted by atomic mass is 32.1. The summed E-state index contributed by atoms with van der Waals surface area (Å²) in [6, 6.07) is 2.17. The lowest BCUT2D eigenvalue weighted by Gasteiger charge is -2.25. The zero-order valence-electron chi connectivity index (χ0n) is 12.3. The normalized spacial score (nSPS) is 15.0. The average Bonchev–Trinajstić information content (AvgIpc) is 3.04. The van der Waals surface area contributed by atoms with E-state index in [-0.39, 0.29) is 5.91 Å². The first-order valence-electron chi connectivity index (χ1n) is 7.19. The minimum Gasteiger partial charge on any atom is -0.301 e. The molecule has 0 spiro atoms. The second kappa shape index (κ2) is 6.25. The van der Waals surface area contributed by atoms with E-state index in [1.54, 1.807) is 11.3 Å². The third-order valence-electron chi connectivity index (χ3n) is 3.73. The maximum Gasteiger partial charge on any atom is 0.240 e. The van der Waals surface area contributed by atoms with Gasteiger partial charge in [-0.05, 0) is 36.8 Å². The molecule has 1 aliphatic rings. The molecule has 1 amide bonds. The topological polar surface area (TPSA) is 45.2 Å². The molecular formula is C15H19N3OS2. The molecule has 0 atom stereocenters. The van der Waals surface area contributed by atoms with Gasteiger partial charge in [0.2, 0.25) is 5.91 Å². The van der Waals surface area contributed by atoms with Gasteiger partial charge in [0.1, 0.15) is 0 Å². The third kappa shape index (κ3) is 3.33. The predicted molar refractivity (Wildman–Crippen MR) is 88.2 cm³/mol. The van der Waals surface area contributed by atoms with Gasteiger partial charge in [0.15, 0.2) is 5.13 Å². The van der Waals surface area contributed by atoms with E-state index in [2.05, 4.69) is 40.5 Å². The third-order valence-corrected chi connectivity index (χ3v) is 5.68. The van der Waals surface area contributed by atoms with E-state index in [1.165, 1.54) is 15.3 Å². The fourth-order valence-electron chi connectivity index (χ4n) is 2.61. The van der Waals surface area contributed by atoms with Crippen molar-refractivity contribution < 1.29 is 4.79 Å². The Kier molecular flexibility index (Phi) is 4.37. The summed E-state index contributed by atoms with van der Waals surface area (Å²) in [4.78, 5) is 21.5. The van der Waals surface area contributed by atoms with Crippen molar-refractivity contribution in [3.05, 3.63) is 32.5 Å². The van der Waals surface area contributed by atoms with Gasteiger partial charge >= 0.3 is 0 Å². The number of nitrogens with one attached hydrogen (secondary N) is 1. The van der Waals surface area contributed by atoms with E-state index < -0.39 is 0 Å². The Morgan fingerprint density at radius 2 is 2.38 bits per heavy atom. The summed E-state index contributed by atoms with van der Waals surface area (Å²) < 4.78 is 0. The molecule has 0 unspecified atom stereocenters. The van der Waals surface area contributed by atoms with Crippen molar-refractivity contribution in [1.82, 2.24) is 9.88 Å². The first-order chi connectivity index (χ1) is 10.2. The van der Waals surface area contributed by atoms with Crippen LogP contribution in [0.15, 0.2) is 11.4 Å². The molecule has 21 heavy (non-hydrogen) atoms. The van der Waals surface area contributed by atoms with Gasteiger partial charge in [-0.1, -0.05) is 6.92 Å². The maximum absolute atomic E-state index is 12.2. The Balaban J connectivity index is 1.57. The van der Waals surface area contributed by atoms with E-state index >= 15 is 0 Å². The van der Waals surface area contributed by atoms with Crippen molar-refractivity contribution >= 4 is 33.7 Å². The molecular weight excluding hydrogens is 302 g/mol. The van der Waals surface area contributed by atoms with Crippen molar-refractivity contribution in [2.45, 2.75) is 33.2 Å². The number of hydrogen-bond donors (Lipinski definition) is 1. The Morgan fingerprint density at radius 3 is 3.14 bits per heavy atom. The van der Waals surface area contributed by atoms with Gasteiger partial charge in [0.05, 0.1) is 12.2 Å². The first-order valence-corrected chi connectivity index (χ1v) is 8.89. The van der Waals surface area contributed by atoms with E-state index in [0.29, 0.717) is 6.54 Å². The van der Waals surface area contributed by atoms with Crippen LogP contribution in [0.5, 0.6) is 0 Å². The highest BCUT2D eigenvalue weighted by Gasteiger charge is 2.19. The number of fused-ring (bicyclic) bond motifs is 1. The fraction of sp³-hybridized carbons (Fsp3) is 0.467. The number of amides is 1. The number of anilines is 1. The van der Waals surface area contributed by atoms with Crippen molar-refractivity contribution in [2.75, 3.05) is 18.4 Å². The number of aryl methyl sites for hydroxylation is 2. The Morgan fingerprint density at radius 1 is 1.52 bits per heavy atom. The highest BCUT2D eigenvalue weighted by Crippen LogP contribution is 2.24. The smallest absolute Gasteiger partial charge is 0.240 e. The Hall–Kier alpha value is -1.24. The second-order valence-corrected chi connectivity index (χ2v) is 7.46. The monoisotopic (exact) mass is 321 g/mol. The maximum atomic E-state index is 12.2. The van der Waals surface area contributed by atoms with Crippen LogP contribution in [0, 0.1) is 6.92 Å². The van der Waals surface area contributed by atoms with Crippen LogP contribution in [0.3, 0.4) is 0 Å². The number of carbonyl (C=O) groups excluding carboxylic acids is 1. The van der Waals surface area contributed by atoms with E-state index in [1.807, 2.05) is 11.3 Å². The van der Waals surface area contributed by atoms with E-state index in [9.17, 15) is 4.79 Å². The lowest BCUT2D eigenvalue weighted by molar-refractivity contribution is -0.117. The number of rotatable bonds is 4. The second-order valence-electron chi connectivity index (χ2n) is 5.25. The summed E-state index contributed by atoms with van der Waals surface area (Å²) in [5.41, 5.74) is 2.45. The minimum atomic E-state index is 0.0325. The van der Waals surface area contributed by atoms with Gasteiger partial charge in [0, 0.05) is 22.8 Å². The molecule has 0 saturated carbocycles. The summed E-state index contributed by atoms with van der Waals surface area (Å²) in [6.45, 7) is 6.41. The van der Waals surface area contributed by atoms with Crippen LogP contribution >= 0.6 is 22.7 Å². The molecule has 0 saturated heterocycles. The average molecular weight is 321 g/mol. The lowest BCUT2D eigenvalue weighted by atomic mass is 10.1. The Labute approximate surface area is 132 Å². The Bertz CT molecular complexity index is 647. The molecule has 2 aromatic rings. The number of carbonyl (C=O) groups is 1. The molecule has 0 radical (unpaired) electrons. The molecule has 0 bridgehead atoms. The molecule has 4 nitrogen and oxygen atoms in total. The summed E-state index contributed by atoms with van der Waals surface area (Å²) in [7, 11) is 0. The zero-order valence-corrected chi connectivity index (χ0v) is 13.9. The summed E-state index contributed by atoms with van der Waals surface area (Å²) in [5, 5.41) is 5.79. The van der Waals surface area contributed by atoms with Gasteiger partial charge in [-0.3, -0.25) is 9.69 Å². The number of thiophene rings is 1. The number of nitrogens with zero attached hydrogens (tertiary/aromatic N) is 2. The van der Waals surface area contributed by atoms with Crippen LogP contribution in [0.1, 0.15) is 27.9 Å². The number of aromatic nitrogens is 1. The molecule has 3 rings (SSSR count). The molecule has 2 aromatic heterocycles. The predicted octanol–water partition coefficient (Wildman–Crippen LogP) is 3.07. The van der Waals surface area contributed by atoms with Gasteiger partial charge in [0.25, 0.3) is 0 Å². The van der Waals surface area contributed by atoms with Crippen LogP contribution < -0.4 is 5.32 Å². The molecule has 1 aliphatic heterocycles. The van der Waals surface area contributed by atoms with Crippen LogP contribution in [0.4, 0.5) is 5.13 Å². The standard InChI is InChI=1S/C15H19N3OS2/c1-3-12-10(2)21-15(16-12)17-14(19)9-18-6-4-13-11(8-18)5-7-20-13/h5,7H,3-4,6,8-9H2,1-2H3,(H,16,17,19). The van der Waals surface area contributed by atoms with Crippen LogP contribution in [0.25, 0.3) is 0 Å². The fourth-order valence-corrected chi connectivity index (χ4v) is 4.42.